The van der Waals surface area contributed by atoms with Crippen LogP contribution in [0.15, 0.2) is 30.3 Å². The van der Waals surface area contributed by atoms with Crippen LogP contribution >= 0.6 is 45.8 Å². The standard InChI is InChI=1S/C11H6Cl2IN3O/c12-8-5-9(17-11(13)15-8)16-10(18)6-1-3-7(14)4-2-6/h1-5H,(H,15,16,17,18). The number of rotatable bonds is 2. The molecule has 0 fully saturated rings. The van der Waals surface area contributed by atoms with Crippen molar-refractivity contribution in [3.63, 3.8) is 0 Å². The van der Waals surface area contributed by atoms with Crippen LogP contribution in [0, 0.1) is 3.57 Å². The van der Waals surface area contributed by atoms with Gasteiger partial charge in [0.15, 0.2) is 0 Å². The van der Waals surface area contributed by atoms with E-state index in [2.05, 4.69) is 37.9 Å². The maximum Gasteiger partial charge on any atom is 0.256 e. The van der Waals surface area contributed by atoms with E-state index >= 15 is 0 Å². The lowest BCUT2D eigenvalue weighted by Gasteiger charge is -2.05. The van der Waals surface area contributed by atoms with Crippen LogP contribution in [0.25, 0.3) is 0 Å². The monoisotopic (exact) mass is 393 g/mol. The molecule has 1 N–H and O–H groups in total. The Morgan fingerprint density at radius 3 is 2.44 bits per heavy atom. The van der Waals surface area contributed by atoms with Crippen LogP contribution in [0.3, 0.4) is 0 Å². The molecule has 0 aliphatic heterocycles. The number of nitrogens with one attached hydrogen (secondary N) is 1. The summed E-state index contributed by atoms with van der Waals surface area (Å²) >= 11 is 13.5. The van der Waals surface area contributed by atoms with Crippen molar-refractivity contribution in [2.24, 2.45) is 0 Å². The van der Waals surface area contributed by atoms with E-state index in [0.717, 1.165) is 3.57 Å². The number of halogens is 3. The molecule has 0 atom stereocenters. The second-order valence-electron chi connectivity index (χ2n) is 3.31. The maximum absolute atomic E-state index is 11.9. The average Bonchev–Trinajstić information content (AvgIpc) is 2.28. The van der Waals surface area contributed by atoms with E-state index in [4.69, 9.17) is 23.2 Å². The highest BCUT2D eigenvalue weighted by molar-refractivity contribution is 14.1. The molecule has 2 rings (SSSR count). The molecule has 4 nitrogen and oxygen atoms in total. The quantitative estimate of drug-likeness (QED) is 0.481. The van der Waals surface area contributed by atoms with Crippen LogP contribution in [0.2, 0.25) is 10.4 Å². The molecule has 0 saturated heterocycles. The van der Waals surface area contributed by atoms with Crippen molar-refractivity contribution in [2.75, 3.05) is 5.32 Å². The van der Waals surface area contributed by atoms with Gasteiger partial charge < -0.3 is 5.32 Å². The predicted octanol–water partition coefficient (Wildman–Crippen LogP) is 3.64. The second kappa shape index (κ2) is 5.81. The zero-order valence-electron chi connectivity index (χ0n) is 8.82. The molecule has 1 aromatic heterocycles. The Balaban J connectivity index is 2.18. The molecular weight excluding hydrogens is 388 g/mol. The number of nitrogens with zero attached hydrogens (tertiary/aromatic N) is 2. The lowest BCUT2D eigenvalue weighted by atomic mass is 10.2. The highest BCUT2D eigenvalue weighted by Gasteiger charge is 2.08. The van der Waals surface area contributed by atoms with Gasteiger partial charge in [-0.2, -0.15) is 0 Å². The first-order valence-electron chi connectivity index (χ1n) is 4.81. The summed E-state index contributed by atoms with van der Waals surface area (Å²) in [5.74, 6) is -0.0132. The topological polar surface area (TPSA) is 54.9 Å². The van der Waals surface area contributed by atoms with Gasteiger partial charge in [-0.25, -0.2) is 9.97 Å². The van der Waals surface area contributed by atoms with Gasteiger partial charge >= 0.3 is 0 Å². The summed E-state index contributed by atoms with van der Waals surface area (Å²) in [6, 6.07) is 8.56. The number of carbonyl (C=O) groups is 1. The fourth-order valence-corrected chi connectivity index (χ4v) is 2.01. The molecule has 1 aromatic carbocycles. The minimum Gasteiger partial charge on any atom is -0.306 e. The van der Waals surface area contributed by atoms with Crippen LogP contribution in [0.1, 0.15) is 10.4 Å². The molecule has 0 aliphatic rings. The van der Waals surface area contributed by atoms with E-state index in [1.54, 1.807) is 12.1 Å². The number of hydrogen-bond acceptors (Lipinski definition) is 3. The summed E-state index contributed by atoms with van der Waals surface area (Å²) in [5, 5.41) is 2.76. The van der Waals surface area contributed by atoms with Crippen molar-refractivity contribution in [1.82, 2.24) is 9.97 Å². The normalized spacial score (nSPS) is 10.2. The molecule has 2 aromatic rings. The fraction of sp³-hybridized carbons (Fsp3) is 0. The van der Waals surface area contributed by atoms with Gasteiger partial charge in [0.05, 0.1) is 0 Å². The van der Waals surface area contributed by atoms with Gasteiger partial charge in [0, 0.05) is 15.2 Å². The molecule has 0 unspecified atom stereocenters. The number of aromatic nitrogens is 2. The SMILES string of the molecule is O=C(Nc1cc(Cl)nc(Cl)n1)c1ccc(I)cc1. The molecule has 0 aliphatic carbocycles. The summed E-state index contributed by atoms with van der Waals surface area (Å²) in [6.45, 7) is 0. The Kier molecular flexibility index (Phi) is 4.36. The van der Waals surface area contributed by atoms with Gasteiger partial charge in [-0.1, -0.05) is 11.6 Å². The highest BCUT2D eigenvalue weighted by atomic mass is 127. The summed E-state index contributed by atoms with van der Waals surface area (Å²) in [7, 11) is 0. The number of amides is 1. The molecule has 7 heteroatoms. The summed E-state index contributed by atoms with van der Waals surface area (Å²) in [5.41, 5.74) is 0.529. The van der Waals surface area contributed by atoms with E-state index < -0.39 is 0 Å². The van der Waals surface area contributed by atoms with Crippen LogP contribution in [-0.4, -0.2) is 15.9 Å². The van der Waals surface area contributed by atoms with Crippen LogP contribution in [-0.2, 0) is 0 Å². The first-order chi connectivity index (χ1) is 8.54. The van der Waals surface area contributed by atoms with Gasteiger partial charge in [-0.15, -0.1) is 0 Å². The maximum atomic E-state index is 11.9. The molecule has 1 amide bonds. The van der Waals surface area contributed by atoms with Crippen molar-refractivity contribution in [3.8, 4) is 0 Å². The second-order valence-corrected chi connectivity index (χ2v) is 5.28. The zero-order valence-corrected chi connectivity index (χ0v) is 12.5. The average molecular weight is 394 g/mol. The van der Waals surface area contributed by atoms with E-state index in [9.17, 15) is 4.79 Å². The third-order valence-electron chi connectivity index (χ3n) is 2.02. The Bertz CT molecular complexity index is 569. The van der Waals surface area contributed by atoms with E-state index in [1.807, 2.05) is 12.1 Å². The Labute approximate surface area is 127 Å². The zero-order chi connectivity index (χ0) is 13.1. The van der Waals surface area contributed by atoms with Crippen LogP contribution < -0.4 is 5.32 Å². The smallest absolute Gasteiger partial charge is 0.256 e. The number of hydrogen-bond donors (Lipinski definition) is 1. The predicted molar refractivity (Wildman–Crippen MR) is 79.2 cm³/mol. The van der Waals surface area contributed by atoms with Crippen LogP contribution in [0.5, 0.6) is 0 Å². The van der Waals surface area contributed by atoms with Gasteiger partial charge in [-0.05, 0) is 58.5 Å². The number of anilines is 1. The molecule has 0 bridgehead atoms. The first kappa shape index (κ1) is 13.5. The molecule has 0 saturated carbocycles. The van der Waals surface area contributed by atoms with Crippen molar-refractivity contribution in [1.29, 1.82) is 0 Å². The molecule has 0 spiro atoms. The third-order valence-corrected chi connectivity index (χ3v) is 3.10. The van der Waals surface area contributed by atoms with E-state index in [0.29, 0.717) is 5.56 Å². The van der Waals surface area contributed by atoms with Crippen molar-refractivity contribution in [2.45, 2.75) is 0 Å². The molecule has 18 heavy (non-hydrogen) atoms. The minimum absolute atomic E-state index is 0.0135. The van der Waals surface area contributed by atoms with Crippen molar-refractivity contribution in [3.05, 3.63) is 49.9 Å². The molecule has 1 heterocycles. The third kappa shape index (κ3) is 3.54. The van der Waals surface area contributed by atoms with Gasteiger partial charge in [0.1, 0.15) is 11.0 Å². The lowest BCUT2D eigenvalue weighted by molar-refractivity contribution is 0.102. The van der Waals surface area contributed by atoms with E-state index in [-0.39, 0.29) is 22.2 Å². The Morgan fingerprint density at radius 2 is 1.83 bits per heavy atom. The number of carbonyl (C=O) groups excluding carboxylic acids is 1. The molecule has 0 radical (unpaired) electrons. The van der Waals surface area contributed by atoms with Crippen molar-refractivity contribution < 1.29 is 4.79 Å². The van der Waals surface area contributed by atoms with E-state index in [1.165, 1.54) is 6.07 Å². The summed E-state index contributed by atoms with van der Waals surface area (Å²) in [6.07, 6.45) is 0. The Morgan fingerprint density at radius 1 is 1.17 bits per heavy atom. The van der Waals surface area contributed by atoms with Gasteiger partial charge in [0.25, 0.3) is 5.91 Å². The Hall–Kier alpha value is -0.920. The van der Waals surface area contributed by atoms with Gasteiger partial charge in [-0.3, -0.25) is 4.79 Å². The molecular formula is C11H6Cl2IN3O. The summed E-state index contributed by atoms with van der Waals surface area (Å²) in [4.78, 5) is 19.4. The lowest BCUT2D eigenvalue weighted by Crippen LogP contribution is -2.13. The van der Waals surface area contributed by atoms with Crippen LogP contribution in [0.4, 0.5) is 5.82 Å². The summed E-state index contributed by atoms with van der Waals surface area (Å²) < 4.78 is 1.05. The molecule has 92 valence electrons. The fourth-order valence-electron chi connectivity index (χ4n) is 1.24. The largest absolute Gasteiger partial charge is 0.306 e. The van der Waals surface area contributed by atoms with Gasteiger partial charge in [0.2, 0.25) is 5.28 Å². The minimum atomic E-state index is -0.280. The number of benzene rings is 1. The van der Waals surface area contributed by atoms with Crippen molar-refractivity contribution >= 4 is 57.5 Å². The first-order valence-corrected chi connectivity index (χ1v) is 6.65. The highest BCUT2D eigenvalue weighted by Crippen LogP contribution is 2.15.